The summed E-state index contributed by atoms with van der Waals surface area (Å²) in [5.74, 6) is -0.207. The topological polar surface area (TPSA) is 46.6 Å². The van der Waals surface area contributed by atoms with E-state index in [0.717, 1.165) is 0 Å². The van der Waals surface area contributed by atoms with Gasteiger partial charge in [0.1, 0.15) is 12.3 Å². The molecule has 2 atom stereocenters. The molecule has 0 aliphatic carbocycles. The molecule has 0 saturated carbocycles. The minimum Gasteiger partial charge on any atom is -0.369 e. The van der Waals surface area contributed by atoms with Crippen molar-refractivity contribution in [3.8, 4) is 0 Å². The lowest BCUT2D eigenvalue weighted by molar-refractivity contribution is -0.142. The van der Waals surface area contributed by atoms with Crippen molar-refractivity contribution in [2.75, 3.05) is 12.0 Å². The normalized spacial score (nSPS) is 24.1. The number of benzene rings is 1. The molecule has 0 N–H and O–H groups in total. The molecule has 1 aromatic rings. The van der Waals surface area contributed by atoms with Gasteiger partial charge in [0, 0.05) is 17.8 Å². The first-order chi connectivity index (χ1) is 7.69. The van der Waals surface area contributed by atoms with Crippen LogP contribution in [0.3, 0.4) is 0 Å². The van der Waals surface area contributed by atoms with Crippen molar-refractivity contribution >= 4 is 29.5 Å². The van der Waals surface area contributed by atoms with Crippen LogP contribution in [0.15, 0.2) is 24.3 Å². The molecule has 4 nitrogen and oxygen atoms in total. The Morgan fingerprint density at radius 1 is 1.38 bits per heavy atom. The summed E-state index contributed by atoms with van der Waals surface area (Å²) in [6.07, 6.45) is 0.0534. The number of hydrogen-bond donors (Lipinski definition) is 0. The third kappa shape index (κ3) is 1.60. The summed E-state index contributed by atoms with van der Waals surface area (Å²) < 4.78 is 4.93. The summed E-state index contributed by atoms with van der Waals surface area (Å²) in [6, 6.07) is 6.20. The van der Waals surface area contributed by atoms with Gasteiger partial charge in [-0.05, 0) is 24.3 Å². The summed E-state index contributed by atoms with van der Waals surface area (Å²) in [7, 11) is 1.41. The average molecular weight is 240 g/mol. The highest BCUT2D eigenvalue weighted by atomic mass is 35.5. The summed E-state index contributed by atoms with van der Waals surface area (Å²) >= 11 is 5.74. The van der Waals surface area contributed by atoms with Crippen LogP contribution in [0.5, 0.6) is 0 Å². The number of β-lactam (4-membered cyclic amide) rings is 1. The molecular formula is C11H10ClNO3. The van der Waals surface area contributed by atoms with Gasteiger partial charge in [0.2, 0.25) is 0 Å². The molecule has 84 valence electrons. The number of amides is 1. The number of carbonyl (C=O) groups excluding carboxylic acids is 2. The maximum absolute atomic E-state index is 11.7. The van der Waals surface area contributed by atoms with Crippen molar-refractivity contribution in [1.29, 1.82) is 0 Å². The fourth-order valence-corrected chi connectivity index (χ4v) is 1.88. The van der Waals surface area contributed by atoms with Gasteiger partial charge in [-0.25, -0.2) is 0 Å². The van der Waals surface area contributed by atoms with Crippen molar-refractivity contribution < 1.29 is 14.3 Å². The molecule has 1 saturated heterocycles. The van der Waals surface area contributed by atoms with E-state index in [-0.39, 0.29) is 5.91 Å². The van der Waals surface area contributed by atoms with E-state index < -0.39 is 12.1 Å². The van der Waals surface area contributed by atoms with Crippen LogP contribution in [0.25, 0.3) is 0 Å². The third-order valence-corrected chi connectivity index (χ3v) is 2.84. The lowest BCUT2D eigenvalue weighted by Crippen LogP contribution is -2.66. The Bertz CT molecular complexity index is 418. The molecule has 5 heteroatoms. The fourth-order valence-electron chi connectivity index (χ4n) is 1.76. The number of aldehydes is 1. The smallest absolute Gasteiger partial charge is 0.259 e. The zero-order valence-electron chi connectivity index (χ0n) is 8.59. The highest BCUT2D eigenvalue weighted by Crippen LogP contribution is 2.29. The second-order valence-corrected chi connectivity index (χ2v) is 3.90. The first-order valence-corrected chi connectivity index (χ1v) is 5.13. The van der Waals surface area contributed by atoms with E-state index >= 15 is 0 Å². The number of anilines is 1. The molecule has 1 fully saturated rings. The maximum Gasteiger partial charge on any atom is 0.259 e. The summed E-state index contributed by atoms with van der Waals surface area (Å²) in [4.78, 5) is 23.9. The number of halogens is 1. The molecule has 16 heavy (non-hydrogen) atoms. The molecule has 0 unspecified atom stereocenters. The summed E-state index contributed by atoms with van der Waals surface area (Å²) in [5, 5.41) is 0.586. The Morgan fingerprint density at radius 3 is 2.50 bits per heavy atom. The number of carbonyl (C=O) groups is 2. The number of rotatable bonds is 3. The summed E-state index contributed by atoms with van der Waals surface area (Å²) in [6.45, 7) is 0. The van der Waals surface area contributed by atoms with Crippen LogP contribution >= 0.6 is 11.6 Å². The van der Waals surface area contributed by atoms with E-state index in [9.17, 15) is 9.59 Å². The predicted octanol–water partition coefficient (Wildman–Crippen LogP) is 1.27. The number of hydrogen-bond acceptors (Lipinski definition) is 3. The Balaban J connectivity index is 2.25. The number of ether oxygens (including phenoxy) is 1. The van der Waals surface area contributed by atoms with Crippen LogP contribution in [0.4, 0.5) is 5.69 Å². The zero-order chi connectivity index (χ0) is 11.7. The third-order valence-electron chi connectivity index (χ3n) is 2.59. The number of nitrogens with zero attached hydrogens (tertiary/aromatic N) is 1. The second kappa shape index (κ2) is 4.23. The van der Waals surface area contributed by atoms with Crippen molar-refractivity contribution in [1.82, 2.24) is 0 Å². The van der Waals surface area contributed by atoms with E-state index in [2.05, 4.69) is 0 Å². The zero-order valence-corrected chi connectivity index (χ0v) is 9.35. The molecule has 2 rings (SSSR count). The summed E-state index contributed by atoms with van der Waals surface area (Å²) in [5.41, 5.74) is 0.653. The Morgan fingerprint density at radius 2 is 2.00 bits per heavy atom. The van der Waals surface area contributed by atoms with Gasteiger partial charge in [-0.2, -0.15) is 0 Å². The Kier molecular flexibility index (Phi) is 2.94. The van der Waals surface area contributed by atoms with Gasteiger partial charge >= 0.3 is 0 Å². The standard InChI is InChI=1S/C11H10ClNO3/c1-16-10-9(6-14)13(11(10)15)8-4-2-7(12)3-5-8/h2-6,9-10H,1H3/t9-,10-/m0/s1. The minimum absolute atomic E-state index is 0.207. The van der Waals surface area contributed by atoms with Crippen LogP contribution in [-0.2, 0) is 14.3 Å². The second-order valence-electron chi connectivity index (χ2n) is 3.47. The fraction of sp³-hybridized carbons (Fsp3) is 0.273. The van der Waals surface area contributed by atoms with Gasteiger partial charge in [0.15, 0.2) is 6.10 Å². The van der Waals surface area contributed by atoms with Crippen LogP contribution in [0.1, 0.15) is 0 Å². The highest BCUT2D eigenvalue weighted by molar-refractivity contribution is 6.30. The average Bonchev–Trinajstić information content (AvgIpc) is 2.29. The lowest BCUT2D eigenvalue weighted by Gasteiger charge is -2.42. The Labute approximate surface area is 97.7 Å². The Hall–Kier alpha value is -1.39. The molecule has 0 aromatic heterocycles. The van der Waals surface area contributed by atoms with Crippen LogP contribution in [-0.4, -0.2) is 31.4 Å². The van der Waals surface area contributed by atoms with Gasteiger partial charge in [0.25, 0.3) is 5.91 Å². The first kappa shape index (κ1) is 11.1. The van der Waals surface area contributed by atoms with Gasteiger partial charge < -0.3 is 9.53 Å². The largest absolute Gasteiger partial charge is 0.369 e. The molecule has 1 aliphatic heterocycles. The lowest BCUT2D eigenvalue weighted by atomic mass is 9.98. The monoisotopic (exact) mass is 239 g/mol. The van der Waals surface area contributed by atoms with Crippen molar-refractivity contribution in [2.24, 2.45) is 0 Å². The SMILES string of the molecule is CO[C@@H]1C(=O)N(c2ccc(Cl)cc2)[C@H]1C=O. The molecule has 1 heterocycles. The highest BCUT2D eigenvalue weighted by Gasteiger charge is 2.48. The van der Waals surface area contributed by atoms with E-state index in [1.165, 1.54) is 12.0 Å². The molecule has 0 radical (unpaired) electrons. The van der Waals surface area contributed by atoms with Gasteiger partial charge in [-0.15, -0.1) is 0 Å². The maximum atomic E-state index is 11.7. The van der Waals surface area contributed by atoms with E-state index in [1.807, 2.05) is 0 Å². The number of methoxy groups -OCH3 is 1. The van der Waals surface area contributed by atoms with Crippen molar-refractivity contribution in [2.45, 2.75) is 12.1 Å². The molecule has 1 amide bonds. The van der Waals surface area contributed by atoms with Crippen LogP contribution < -0.4 is 4.90 Å². The van der Waals surface area contributed by atoms with Crippen LogP contribution in [0.2, 0.25) is 5.02 Å². The molecule has 1 aromatic carbocycles. The molecule has 1 aliphatic rings. The van der Waals surface area contributed by atoms with Gasteiger partial charge in [0.05, 0.1) is 0 Å². The van der Waals surface area contributed by atoms with E-state index in [4.69, 9.17) is 16.3 Å². The van der Waals surface area contributed by atoms with Crippen molar-refractivity contribution in [3.05, 3.63) is 29.3 Å². The van der Waals surface area contributed by atoms with E-state index in [0.29, 0.717) is 17.0 Å². The van der Waals surface area contributed by atoms with Gasteiger partial charge in [-0.3, -0.25) is 9.69 Å². The van der Waals surface area contributed by atoms with Crippen LogP contribution in [0, 0.1) is 0 Å². The minimum atomic E-state index is -0.659. The molecule has 0 bridgehead atoms. The quantitative estimate of drug-likeness (QED) is 0.590. The molecular weight excluding hydrogens is 230 g/mol. The first-order valence-electron chi connectivity index (χ1n) is 4.75. The van der Waals surface area contributed by atoms with E-state index in [1.54, 1.807) is 24.3 Å². The predicted molar refractivity (Wildman–Crippen MR) is 59.6 cm³/mol. The van der Waals surface area contributed by atoms with Crippen molar-refractivity contribution in [3.63, 3.8) is 0 Å². The molecule has 0 spiro atoms. The van der Waals surface area contributed by atoms with Gasteiger partial charge in [-0.1, -0.05) is 11.6 Å².